The van der Waals surface area contributed by atoms with Gasteiger partial charge in [0.2, 0.25) is 5.91 Å². The molecule has 1 amide bonds. The second kappa shape index (κ2) is 5.41. The molecule has 1 atom stereocenters. The molecule has 1 aliphatic rings. The third kappa shape index (κ3) is 3.02. The van der Waals surface area contributed by atoms with Crippen LogP contribution in [0.15, 0.2) is 22.9 Å². The molecule has 1 aromatic rings. The van der Waals surface area contributed by atoms with Crippen molar-refractivity contribution < 1.29 is 9.53 Å². The van der Waals surface area contributed by atoms with Gasteiger partial charge in [-0.2, -0.15) is 0 Å². The van der Waals surface area contributed by atoms with Crippen LogP contribution in [0.1, 0.15) is 19.3 Å². The van der Waals surface area contributed by atoms with Gasteiger partial charge in [0.05, 0.1) is 22.7 Å². The highest BCUT2D eigenvalue weighted by atomic mass is 79.9. The number of rotatable bonds is 3. The number of pyridine rings is 1. The molecular formula is C11H13BrN2O2. The van der Waals surface area contributed by atoms with Crippen LogP contribution in [0.5, 0.6) is 0 Å². The van der Waals surface area contributed by atoms with Crippen LogP contribution >= 0.6 is 15.9 Å². The summed E-state index contributed by atoms with van der Waals surface area (Å²) in [6, 6.07) is 1.76. The lowest BCUT2D eigenvalue weighted by Crippen LogP contribution is -2.19. The molecule has 1 saturated heterocycles. The molecule has 0 spiro atoms. The molecule has 1 aromatic heterocycles. The van der Waals surface area contributed by atoms with Crippen LogP contribution < -0.4 is 5.32 Å². The minimum atomic E-state index is -0.0150. The SMILES string of the molecule is O=C(CC1CCCO1)Nc1ccncc1Br. The number of halogens is 1. The van der Waals surface area contributed by atoms with Gasteiger partial charge in [0.15, 0.2) is 0 Å². The summed E-state index contributed by atoms with van der Waals surface area (Å²) >= 11 is 3.33. The Morgan fingerprint density at radius 3 is 3.25 bits per heavy atom. The average Bonchev–Trinajstić information content (AvgIpc) is 2.74. The maximum atomic E-state index is 11.7. The van der Waals surface area contributed by atoms with Crippen LogP contribution in [0, 0.1) is 0 Å². The minimum Gasteiger partial charge on any atom is -0.378 e. The van der Waals surface area contributed by atoms with Crippen LogP contribution in [0.25, 0.3) is 0 Å². The third-order valence-corrected chi connectivity index (χ3v) is 3.12. The normalized spacial score (nSPS) is 19.7. The monoisotopic (exact) mass is 284 g/mol. The first-order chi connectivity index (χ1) is 7.75. The van der Waals surface area contributed by atoms with Gasteiger partial charge in [-0.3, -0.25) is 9.78 Å². The van der Waals surface area contributed by atoms with Crippen molar-refractivity contribution in [2.24, 2.45) is 0 Å². The first kappa shape index (κ1) is 11.5. The number of anilines is 1. The van der Waals surface area contributed by atoms with Gasteiger partial charge in [-0.25, -0.2) is 0 Å². The summed E-state index contributed by atoms with van der Waals surface area (Å²) in [7, 11) is 0. The largest absolute Gasteiger partial charge is 0.378 e. The second-order valence-corrected chi connectivity index (χ2v) is 4.60. The molecule has 16 heavy (non-hydrogen) atoms. The van der Waals surface area contributed by atoms with E-state index in [0.717, 1.165) is 29.6 Å². The molecule has 1 fully saturated rings. The van der Waals surface area contributed by atoms with E-state index in [0.29, 0.717) is 6.42 Å². The van der Waals surface area contributed by atoms with Gasteiger partial charge in [-0.05, 0) is 34.8 Å². The fourth-order valence-electron chi connectivity index (χ4n) is 1.69. The molecule has 1 unspecified atom stereocenters. The Balaban J connectivity index is 1.89. The number of aromatic nitrogens is 1. The molecule has 0 saturated carbocycles. The van der Waals surface area contributed by atoms with Crippen molar-refractivity contribution in [3.63, 3.8) is 0 Å². The number of hydrogen-bond acceptors (Lipinski definition) is 3. The molecule has 2 rings (SSSR count). The van der Waals surface area contributed by atoms with E-state index < -0.39 is 0 Å². The summed E-state index contributed by atoms with van der Waals surface area (Å²) in [5, 5.41) is 2.83. The minimum absolute atomic E-state index is 0.0150. The summed E-state index contributed by atoms with van der Waals surface area (Å²) in [6.45, 7) is 0.775. The Bertz CT molecular complexity index is 378. The molecule has 1 aliphatic heterocycles. The van der Waals surface area contributed by atoms with Crippen molar-refractivity contribution in [1.82, 2.24) is 4.98 Å². The molecule has 2 heterocycles. The van der Waals surface area contributed by atoms with Crippen molar-refractivity contribution in [3.05, 3.63) is 22.9 Å². The van der Waals surface area contributed by atoms with Crippen LogP contribution in [0.2, 0.25) is 0 Å². The van der Waals surface area contributed by atoms with E-state index in [1.165, 1.54) is 0 Å². The fourth-order valence-corrected chi connectivity index (χ4v) is 2.04. The third-order valence-electron chi connectivity index (χ3n) is 2.48. The highest BCUT2D eigenvalue weighted by Crippen LogP contribution is 2.21. The number of carbonyl (C=O) groups excluding carboxylic acids is 1. The zero-order chi connectivity index (χ0) is 11.4. The number of hydrogen-bond donors (Lipinski definition) is 1. The number of carbonyl (C=O) groups is 1. The van der Waals surface area contributed by atoms with Crippen molar-refractivity contribution in [1.29, 1.82) is 0 Å². The van der Waals surface area contributed by atoms with Gasteiger partial charge < -0.3 is 10.1 Å². The first-order valence-corrected chi connectivity index (χ1v) is 6.06. The van der Waals surface area contributed by atoms with E-state index in [2.05, 4.69) is 26.2 Å². The summed E-state index contributed by atoms with van der Waals surface area (Å²) in [4.78, 5) is 15.6. The van der Waals surface area contributed by atoms with Gasteiger partial charge in [-0.15, -0.1) is 0 Å². The summed E-state index contributed by atoms with van der Waals surface area (Å²) in [6.07, 6.45) is 5.84. The molecule has 5 heteroatoms. The van der Waals surface area contributed by atoms with E-state index in [1.807, 2.05) is 0 Å². The molecule has 0 bridgehead atoms. The summed E-state index contributed by atoms with van der Waals surface area (Å²) in [5.41, 5.74) is 0.748. The Hall–Kier alpha value is -0.940. The fraction of sp³-hybridized carbons (Fsp3) is 0.455. The van der Waals surface area contributed by atoms with Crippen LogP contribution in [-0.2, 0) is 9.53 Å². The van der Waals surface area contributed by atoms with E-state index >= 15 is 0 Å². The molecule has 86 valence electrons. The topological polar surface area (TPSA) is 51.2 Å². The highest BCUT2D eigenvalue weighted by molar-refractivity contribution is 9.10. The van der Waals surface area contributed by atoms with Gasteiger partial charge >= 0.3 is 0 Å². The molecule has 0 aromatic carbocycles. The molecule has 0 radical (unpaired) electrons. The number of ether oxygens (including phenoxy) is 1. The Kier molecular flexibility index (Phi) is 3.90. The molecule has 1 N–H and O–H groups in total. The second-order valence-electron chi connectivity index (χ2n) is 3.74. The van der Waals surface area contributed by atoms with Gasteiger partial charge in [-0.1, -0.05) is 0 Å². The maximum absolute atomic E-state index is 11.7. The van der Waals surface area contributed by atoms with Crippen LogP contribution in [0.4, 0.5) is 5.69 Å². The standard InChI is InChI=1S/C11H13BrN2O2/c12-9-7-13-4-3-10(9)14-11(15)6-8-2-1-5-16-8/h3-4,7-8H,1-2,5-6H2,(H,13,14,15). The van der Waals surface area contributed by atoms with Crippen molar-refractivity contribution >= 4 is 27.5 Å². The van der Waals surface area contributed by atoms with Gasteiger partial charge in [0.25, 0.3) is 0 Å². The van der Waals surface area contributed by atoms with Crippen molar-refractivity contribution in [2.45, 2.75) is 25.4 Å². The first-order valence-electron chi connectivity index (χ1n) is 5.26. The number of nitrogens with one attached hydrogen (secondary N) is 1. The molecule has 0 aliphatic carbocycles. The predicted molar refractivity (Wildman–Crippen MR) is 64.2 cm³/mol. The van der Waals surface area contributed by atoms with Gasteiger partial charge in [0, 0.05) is 19.0 Å². The molecular weight excluding hydrogens is 272 g/mol. The number of amides is 1. The lowest BCUT2D eigenvalue weighted by atomic mass is 10.2. The zero-order valence-electron chi connectivity index (χ0n) is 8.78. The smallest absolute Gasteiger partial charge is 0.227 e. The predicted octanol–water partition coefficient (Wildman–Crippen LogP) is 2.35. The van der Waals surface area contributed by atoms with Crippen molar-refractivity contribution in [2.75, 3.05) is 11.9 Å². The van der Waals surface area contributed by atoms with Gasteiger partial charge in [0.1, 0.15) is 0 Å². The number of nitrogens with zero attached hydrogens (tertiary/aromatic N) is 1. The van der Waals surface area contributed by atoms with E-state index in [9.17, 15) is 4.79 Å². The lowest BCUT2D eigenvalue weighted by Gasteiger charge is -2.10. The lowest BCUT2D eigenvalue weighted by molar-refractivity contribution is -0.118. The Labute approximate surface area is 103 Å². The van der Waals surface area contributed by atoms with E-state index in [1.54, 1.807) is 18.5 Å². The molecule has 4 nitrogen and oxygen atoms in total. The Morgan fingerprint density at radius 2 is 2.56 bits per heavy atom. The Morgan fingerprint density at radius 1 is 1.69 bits per heavy atom. The maximum Gasteiger partial charge on any atom is 0.227 e. The summed E-state index contributed by atoms with van der Waals surface area (Å²) in [5.74, 6) is -0.0150. The average molecular weight is 285 g/mol. The summed E-state index contributed by atoms with van der Waals surface area (Å²) < 4.78 is 6.19. The highest BCUT2D eigenvalue weighted by Gasteiger charge is 2.19. The zero-order valence-corrected chi connectivity index (χ0v) is 10.4. The van der Waals surface area contributed by atoms with E-state index in [-0.39, 0.29) is 12.0 Å². The van der Waals surface area contributed by atoms with E-state index in [4.69, 9.17) is 4.74 Å². The van der Waals surface area contributed by atoms with Crippen molar-refractivity contribution in [3.8, 4) is 0 Å². The van der Waals surface area contributed by atoms with Crippen LogP contribution in [-0.4, -0.2) is 23.6 Å². The quantitative estimate of drug-likeness (QED) is 0.927. The van der Waals surface area contributed by atoms with Crippen LogP contribution in [0.3, 0.4) is 0 Å².